The first-order valence-electron chi connectivity index (χ1n) is 7.95. The maximum Gasteiger partial charge on any atom is 0.410 e. The first-order chi connectivity index (χ1) is 9.76. The summed E-state index contributed by atoms with van der Waals surface area (Å²) in [5.41, 5.74) is -0.598. The van der Waals surface area contributed by atoms with Crippen molar-refractivity contribution in [3.8, 4) is 0 Å². The standard InChI is InChI=1S/C16H31NO4/c1-6-11-19-12-13-20-16(5)7-9-17(10-8-16)14(18)21-15(2,3)4/h6-13H2,1-5H3. The number of piperidine rings is 1. The summed E-state index contributed by atoms with van der Waals surface area (Å²) in [6.07, 6.45) is 2.47. The summed E-state index contributed by atoms with van der Waals surface area (Å²) in [4.78, 5) is 13.8. The van der Waals surface area contributed by atoms with Crippen LogP contribution in [0.25, 0.3) is 0 Å². The zero-order chi connectivity index (χ0) is 15.9. The van der Waals surface area contributed by atoms with Gasteiger partial charge in [-0.1, -0.05) is 6.92 Å². The van der Waals surface area contributed by atoms with E-state index in [9.17, 15) is 4.79 Å². The molecule has 0 unspecified atom stereocenters. The molecule has 0 aromatic carbocycles. The van der Waals surface area contributed by atoms with Crippen LogP contribution in [-0.2, 0) is 14.2 Å². The van der Waals surface area contributed by atoms with Gasteiger partial charge >= 0.3 is 6.09 Å². The summed E-state index contributed by atoms with van der Waals surface area (Å²) in [7, 11) is 0. The first-order valence-corrected chi connectivity index (χ1v) is 7.95. The van der Waals surface area contributed by atoms with E-state index in [1.807, 2.05) is 20.8 Å². The molecule has 1 fully saturated rings. The maximum absolute atomic E-state index is 12.0. The fraction of sp³-hybridized carbons (Fsp3) is 0.938. The Morgan fingerprint density at radius 1 is 1.14 bits per heavy atom. The number of hydrogen-bond acceptors (Lipinski definition) is 4. The SMILES string of the molecule is CCCOCCOC1(C)CCN(C(=O)OC(C)(C)C)CC1. The van der Waals surface area contributed by atoms with Crippen molar-refractivity contribution in [3.63, 3.8) is 0 Å². The summed E-state index contributed by atoms with van der Waals surface area (Å²) in [6, 6.07) is 0. The van der Waals surface area contributed by atoms with Gasteiger partial charge in [-0.25, -0.2) is 4.79 Å². The van der Waals surface area contributed by atoms with E-state index in [1.54, 1.807) is 4.90 Å². The van der Waals surface area contributed by atoms with Crippen LogP contribution in [0.4, 0.5) is 4.79 Å². The third kappa shape index (κ3) is 7.14. The highest BCUT2D eigenvalue weighted by Gasteiger charge is 2.34. The molecule has 0 atom stereocenters. The highest BCUT2D eigenvalue weighted by molar-refractivity contribution is 5.68. The van der Waals surface area contributed by atoms with E-state index in [-0.39, 0.29) is 11.7 Å². The Morgan fingerprint density at radius 2 is 1.76 bits per heavy atom. The molecular formula is C16H31NO4. The molecule has 1 heterocycles. The van der Waals surface area contributed by atoms with Crippen molar-refractivity contribution < 1.29 is 19.0 Å². The Balaban J connectivity index is 2.28. The quantitative estimate of drug-likeness (QED) is 0.707. The van der Waals surface area contributed by atoms with Crippen LogP contribution in [0.2, 0.25) is 0 Å². The minimum absolute atomic E-state index is 0.159. The van der Waals surface area contributed by atoms with E-state index in [4.69, 9.17) is 14.2 Å². The highest BCUT2D eigenvalue weighted by Crippen LogP contribution is 2.26. The lowest BCUT2D eigenvalue weighted by Gasteiger charge is -2.39. The van der Waals surface area contributed by atoms with Crippen molar-refractivity contribution in [2.45, 2.75) is 65.1 Å². The normalized spacial score (nSPS) is 18.6. The molecule has 1 aliphatic heterocycles. The second-order valence-corrected chi connectivity index (χ2v) is 6.88. The molecule has 1 saturated heterocycles. The Labute approximate surface area is 128 Å². The highest BCUT2D eigenvalue weighted by atomic mass is 16.6. The van der Waals surface area contributed by atoms with Gasteiger partial charge in [0, 0.05) is 19.7 Å². The molecule has 0 radical (unpaired) electrons. The number of carbonyl (C=O) groups excluding carboxylic acids is 1. The van der Waals surface area contributed by atoms with Crippen molar-refractivity contribution in [2.24, 2.45) is 0 Å². The molecule has 0 aromatic rings. The van der Waals surface area contributed by atoms with E-state index in [1.165, 1.54) is 0 Å². The minimum Gasteiger partial charge on any atom is -0.444 e. The second kappa shape index (κ2) is 7.99. The van der Waals surface area contributed by atoms with Gasteiger partial charge in [0.05, 0.1) is 18.8 Å². The smallest absolute Gasteiger partial charge is 0.410 e. The van der Waals surface area contributed by atoms with Gasteiger partial charge in [0.25, 0.3) is 0 Å². The lowest BCUT2D eigenvalue weighted by molar-refractivity contribution is -0.0877. The molecule has 1 amide bonds. The van der Waals surface area contributed by atoms with Crippen molar-refractivity contribution in [2.75, 3.05) is 32.9 Å². The zero-order valence-electron chi connectivity index (χ0n) is 14.2. The van der Waals surface area contributed by atoms with Gasteiger partial charge in [0.15, 0.2) is 0 Å². The molecule has 0 N–H and O–H groups in total. The monoisotopic (exact) mass is 301 g/mol. The number of nitrogens with zero attached hydrogens (tertiary/aromatic N) is 1. The molecule has 0 bridgehead atoms. The lowest BCUT2D eigenvalue weighted by Crippen LogP contribution is -2.48. The molecule has 0 saturated carbocycles. The first kappa shape index (κ1) is 18.2. The van der Waals surface area contributed by atoms with Gasteiger partial charge in [0.1, 0.15) is 5.60 Å². The molecule has 5 heteroatoms. The van der Waals surface area contributed by atoms with Gasteiger partial charge in [-0.05, 0) is 47.0 Å². The number of hydrogen-bond donors (Lipinski definition) is 0. The summed E-state index contributed by atoms with van der Waals surface area (Å²) < 4.78 is 16.8. The number of rotatable bonds is 6. The summed E-state index contributed by atoms with van der Waals surface area (Å²) >= 11 is 0. The molecule has 5 nitrogen and oxygen atoms in total. The summed E-state index contributed by atoms with van der Waals surface area (Å²) in [6.45, 7) is 13.3. The molecule has 0 aliphatic carbocycles. The van der Waals surface area contributed by atoms with E-state index in [0.29, 0.717) is 26.3 Å². The molecule has 124 valence electrons. The average Bonchev–Trinajstić information content (AvgIpc) is 2.37. The number of amides is 1. The largest absolute Gasteiger partial charge is 0.444 e. The van der Waals surface area contributed by atoms with E-state index >= 15 is 0 Å². The maximum atomic E-state index is 12.0. The van der Waals surface area contributed by atoms with Crippen LogP contribution in [0.15, 0.2) is 0 Å². The predicted octanol–water partition coefficient (Wildman–Crippen LogP) is 3.22. The Kier molecular flexibility index (Phi) is 6.94. The molecule has 21 heavy (non-hydrogen) atoms. The van der Waals surface area contributed by atoms with Gasteiger partial charge in [-0.3, -0.25) is 0 Å². The average molecular weight is 301 g/mol. The third-order valence-corrected chi connectivity index (χ3v) is 3.50. The summed E-state index contributed by atoms with van der Waals surface area (Å²) in [5.74, 6) is 0. The Bertz CT molecular complexity index is 317. The van der Waals surface area contributed by atoms with Gasteiger partial charge in [-0.2, -0.15) is 0 Å². The number of likely N-dealkylation sites (tertiary alicyclic amines) is 1. The van der Waals surface area contributed by atoms with Crippen LogP contribution in [0.1, 0.15) is 53.9 Å². The molecule has 1 aliphatic rings. The number of ether oxygens (including phenoxy) is 3. The Hall–Kier alpha value is -0.810. The summed E-state index contributed by atoms with van der Waals surface area (Å²) in [5, 5.41) is 0. The van der Waals surface area contributed by atoms with Crippen LogP contribution in [0.3, 0.4) is 0 Å². The van der Waals surface area contributed by atoms with Crippen LogP contribution in [0.5, 0.6) is 0 Å². The fourth-order valence-electron chi connectivity index (χ4n) is 2.23. The van der Waals surface area contributed by atoms with Crippen LogP contribution in [0, 0.1) is 0 Å². The lowest BCUT2D eigenvalue weighted by atomic mass is 9.93. The van der Waals surface area contributed by atoms with Gasteiger partial charge in [-0.15, -0.1) is 0 Å². The fourth-order valence-corrected chi connectivity index (χ4v) is 2.23. The molecule has 0 spiro atoms. The molecule has 1 rings (SSSR count). The van der Waals surface area contributed by atoms with E-state index in [2.05, 4.69) is 13.8 Å². The minimum atomic E-state index is -0.440. The van der Waals surface area contributed by atoms with Gasteiger partial charge in [0.2, 0.25) is 0 Å². The van der Waals surface area contributed by atoms with Crippen molar-refractivity contribution >= 4 is 6.09 Å². The van der Waals surface area contributed by atoms with Crippen LogP contribution < -0.4 is 0 Å². The second-order valence-electron chi connectivity index (χ2n) is 6.88. The van der Waals surface area contributed by atoms with Crippen LogP contribution >= 0.6 is 0 Å². The predicted molar refractivity (Wildman–Crippen MR) is 82.5 cm³/mol. The topological polar surface area (TPSA) is 48.0 Å². The number of carbonyl (C=O) groups is 1. The van der Waals surface area contributed by atoms with Gasteiger partial charge < -0.3 is 19.1 Å². The molecular weight excluding hydrogens is 270 g/mol. The molecule has 0 aromatic heterocycles. The third-order valence-electron chi connectivity index (χ3n) is 3.50. The van der Waals surface area contributed by atoms with E-state index < -0.39 is 5.60 Å². The Morgan fingerprint density at radius 3 is 2.29 bits per heavy atom. The zero-order valence-corrected chi connectivity index (χ0v) is 14.2. The van der Waals surface area contributed by atoms with Crippen LogP contribution in [-0.4, -0.2) is 55.1 Å². The van der Waals surface area contributed by atoms with Crippen molar-refractivity contribution in [3.05, 3.63) is 0 Å². The van der Waals surface area contributed by atoms with E-state index in [0.717, 1.165) is 25.9 Å². The van der Waals surface area contributed by atoms with Crippen molar-refractivity contribution in [1.29, 1.82) is 0 Å². The van der Waals surface area contributed by atoms with Crippen molar-refractivity contribution in [1.82, 2.24) is 4.90 Å².